The number of rotatable bonds is 7. The molecule has 0 aromatic heterocycles. The van der Waals surface area contributed by atoms with Crippen LogP contribution in [0.25, 0.3) is 17.2 Å². The van der Waals surface area contributed by atoms with Gasteiger partial charge in [-0.25, -0.2) is 21.9 Å². The van der Waals surface area contributed by atoms with Crippen LogP contribution in [0.5, 0.6) is 0 Å². The van der Waals surface area contributed by atoms with Crippen molar-refractivity contribution in [2.75, 3.05) is 5.32 Å². The van der Waals surface area contributed by atoms with E-state index in [1.54, 1.807) is 48.9 Å². The Morgan fingerprint density at radius 2 is 1.60 bits per heavy atom. The van der Waals surface area contributed by atoms with Crippen molar-refractivity contribution in [2.45, 2.75) is 38.6 Å². The Morgan fingerprint density at radius 3 is 2.20 bits per heavy atom. The molecule has 0 unspecified atom stereocenters. The summed E-state index contributed by atoms with van der Waals surface area (Å²) in [5.74, 6) is -3.03. The summed E-state index contributed by atoms with van der Waals surface area (Å²) >= 11 is 0. The minimum Gasteiger partial charge on any atom is -0.383 e. The minimum atomic E-state index is -4.20. The van der Waals surface area contributed by atoms with Gasteiger partial charge in [0.1, 0.15) is 5.82 Å². The van der Waals surface area contributed by atoms with E-state index in [2.05, 4.69) is 5.32 Å². The summed E-state index contributed by atoms with van der Waals surface area (Å²) in [6.07, 6.45) is 0.966. The van der Waals surface area contributed by atoms with Crippen LogP contribution in [-0.4, -0.2) is 20.4 Å². The van der Waals surface area contributed by atoms with Gasteiger partial charge in [-0.1, -0.05) is 30.3 Å². The topological polar surface area (TPSA) is 75.3 Å². The van der Waals surface area contributed by atoms with Gasteiger partial charge < -0.3 is 5.32 Å². The van der Waals surface area contributed by atoms with Crippen LogP contribution in [0.1, 0.15) is 30.5 Å². The molecule has 0 bridgehead atoms. The monoisotopic (exact) mass is 520 g/mol. The third-order valence-electron chi connectivity index (χ3n) is 5.11. The Labute approximate surface area is 210 Å². The van der Waals surface area contributed by atoms with E-state index in [0.717, 1.165) is 6.08 Å². The zero-order chi connectivity index (χ0) is 25.0. The molecule has 0 radical (unpaired) electrons. The third kappa shape index (κ3) is 6.90. The van der Waals surface area contributed by atoms with Gasteiger partial charge in [0.2, 0.25) is 0 Å². The summed E-state index contributed by atoms with van der Waals surface area (Å²) in [5, 5.41) is 3.15. The highest BCUT2D eigenvalue weighted by Crippen LogP contribution is 2.31. The maximum Gasteiger partial charge on any atom is 0.293 e. The Hall–Kier alpha value is -3.23. The molecule has 0 aliphatic heterocycles. The van der Waals surface area contributed by atoms with E-state index in [9.17, 15) is 22.0 Å². The van der Waals surface area contributed by atoms with Crippen LogP contribution in [-0.2, 0) is 14.8 Å². The number of anilines is 1. The highest BCUT2D eigenvalue weighted by Gasteiger charge is 2.20. The molecular formula is C26H27ClF2N2O3S. The molecule has 0 spiro atoms. The predicted octanol–water partition coefficient (Wildman–Crippen LogP) is 6.17. The molecule has 0 fully saturated rings. The maximum absolute atomic E-state index is 14.8. The van der Waals surface area contributed by atoms with Gasteiger partial charge in [-0.2, -0.15) is 0 Å². The average molecular weight is 521 g/mol. The van der Waals surface area contributed by atoms with Gasteiger partial charge in [0, 0.05) is 17.3 Å². The van der Waals surface area contributed by atoms with E-state index in [1.165, 1.54) is 30.3 Å². The smallest absolute Gasteiger partial charge is 0.293 e. The molecule has 3 rings (SSSR count). The Balaban J connectivity index is 0.00000432. The van der Waals surface area contributed by atoms with Crippen LogP contribution in [0.3, 0.4) is 0 Å². The van der Waals surface area contributed by atoms with E-state index in [1.807, 2.05) is 13.8 Å². The summed E-state index contributed by atoms with van der Waals surface area (Å²) < 4.78 is 55.7. The van der Waals surface area contributed by atoms with Gasteiger partial charge in [-0.3, -0.25) is 4.79 Å². The van der Waals surface area contributed by atoms with Crippen LogP contribution >= 0.6 is 12.4 Å². The molecule has 0 saturated heterocycles. The van der Waals surface area contributed by atoms with E-state index in [0.29, 0.717) is 33.5 Å². The highest BCUT2D eigenvalue weighted by molar-refractivity contribution is 7.90. The van der Waals surface area contributed by atoms with Crippen molar-refractivity contribution < 1.29 is 22.0 Å². The van der Waals surface area contributed by atoms with Crippen LogP contribution in [0, 0.1) is 19.7 Å². The lowest BCUT2D eigenvalue weighted by atomic mass is 9.94. The highest BCUT2D eigenvalue weighted by atomic mass is 35.5. The number of halogens is 3. The number of benzene rings is 3. The largest absolute Gasteiger partial charge is 0.383 e. The summed E-state index contributed by atoms with van der Waals surface area (Å²) in [6, 6.07) is 15.6. The van der Waals surface area contributed by atoms with Gasteiger partial charge in [0.15, 0.2) is 5.83 Å². The SMILES string of the molecule is Cc1cc(-c2ccc(NC(C)C)cc2F)c(C)cc1/C=C(\F)C(=O)NS(=O)(=O)c1ccccc1.Cl. The molecule has 3 aromatic rings. The van der Waals surface area contributed by atoms with E-state index >= 15 is 0 Å². The fourth-order valence-corrected chi connectivity index (χ4v) is 4.45. The van der Waals surface area contributed by atoms with Gasteiger partial charge in [0.25, 0.3) is 15.9 Å². The average Bonchev–Trinajstić information content (AvgIpc) is 2.76. The Kier molecular flexibility index (Phi) is 9.18. The zero-order valence-electron chi connectivity index (χ0n) is 19.7. The second kappa shape index (κ2) is 11.5. The molecule has 2 N–H and O–H groups in total. The van der Waals surface area contributed by atoms with Gasteiger partial charge >= 0.3 is 0 Å². The first-order chi connectivity index (χ1) is 16.0. The van der Waals surface area contributed by atoms with Crippen molar-refractivity contribution in [3.8, 4) is 11.1 Å². The molecule has 186 valence electrons. The predicted molar refractivity (Wildman–Crippen MR) is 138 cm³/mol. The van der Waals surface area contributed by atoms with Crippen molar-refractivity contribution in [2.24, 2.45) is 0 Å². The van der Waals surface area contributed by atoms with Crippen molar-refractivity contribution in [3.05, 3.63) is 89.0 Å². The zero-order valence-corrected chi connectivity index (χ0v) is 21.4. The van der Waals surface area contributed by atoms with Crippen molar-refractivity contribution in [3.63, 3.8) is 0 Å². The number of carbonyl (C=O) groups is 1. The quantitative estimate of drug-likeness (QED) is 0.365. The van der Waals surface area contributed by atoms with Gasteiger partial charge in [0.05, 0.1) is 4.90 Å². The van der Waals surface area contributed by atoms with Crippen molar-refractivity contribution >= 4 is 40.1 Å². The molecule has 5 nitrogen and oxygen atoms in total. The van der Waals surface area contributed by atoms with Crippen molar-refractivity contribution in [1.29, 1.82) is 0 Å². The van der Waals surface area contributed by atoms with E-state index < -0.39 is 27.6 Å². The first kappa shape index (κ1) is 28.0. The minimum absolute atomic E-state index is 0. The van der Waals surface area contributed by atoms with Crippen LogP contribution in [0.15, 0.2) is 71.4 Å². The maximum atomic E-state index is 14.8. The summed E-state index contributed by atoms with van der Waals surface area (Å²) in [4.78, 5) is 12.0. The number of hydrogen-bond acceptors (Lipinski definition) is 4. The molecule has 9 heteroatoms. The lowest BCUT2D eigenvalue weighted by molar-refractivity contribution is -0.117. The van der Waals surface area contributed by atoms with Crippen molar-refractivity contribution in [1.82, 2.24) is 4.72 Å². The number of amides is 1. The van der Waals surface area contributed by atoms with Gasteiger partial charge in [-0.15, -0.1) is 12.4 Å². The lowest BCUT2D eigenvalue weighted by Crippen LogP contribution is -2.30. The molecule has 3 aromatic carbocycles. The number of nitrogens with one attached hydrogen (secondary N) is 2. The van der Waals surface area contributed by atoms with E-state index in [-0.39, 0.29) is 23.3 Å². The van der Waals surface area contributed by atoms with Crippen LogP contribution in [0.2, 0.25) is 0 Å². The second-order valence-corrected chi connectivity index (χ2v) is 9.94. The molecule has 35 heavy (non-hydrogen) atoms. The molecule has 0 aliphatic rings. The number of sulfonamides is 1. The molecule has 1 amide bonds. The first-order valence-electron chi connectivity index (χ1n) is 10.6. The molecular weight excluding hydrogens is 494 g/mol. The number of carbonyl (C=O) groups excluding carboxylic acids is 1. The molecule has 0 atom stereocenters. The third-order valence-corrected chi connectivity index (χ3v) is 6.45. The van der Waals surface area contributed by atoms with Crippen LogP contribution in [0.4, 0.5) is 14.5 Å². The Bertz CT molecular complexity index is 1360. The summed E-state index contributed by atoms with van der Waals surface area (Å²) in [5.41, 5.74) is 3.36. The number of aryl methyl sites for hydroxylation is 2. The fraction of sp³-hybridized carbons (Fsp3) is 0.192. The first-order valence-corrected chi connectivity index (χ1v) is 12.1. The summed E-state index contributed by atoms with van der Waals surface area (Å²) in [7, 11) is -4.20. The van der Waals surface area contributed by atoms with E-state index in [4.69, 9.17) is 0 Å². The summed E-state index contributed by atoms with van der Waals surface area (Å²) in [6.45, 7) is 7.38. The normalized spacial score (nSPS) is 11.7. The second-order valence-electron chi connectivity index (χ2n) is 8.26. The van der Waals surface area contributed by atoms with Crippen LogP contribution < -0.4 is 10.0 Å². The fourth-order valence-electron chi connectivity index (χ4n) is 3.47. The molecule has 0 aliphatic carbocycles. The number of hydrogen-bond donors (Lipinski definition) is 2. The molecule has 0 saturated carbocycles. The Morgan fingerprint density at radius 1 is 0.943 bits per heavy atom. The molecule has 0 heterocycles. The lowest BCUT2D eigenvalue weighted by Gasteiger charge is -2.14. The standard InChI is InChI=1S/C26H26F2N2O3S.ClH/c1-16(2)29-20-10-11-22(24(27)15-20)23-13-17(3)19(12-18(23)4)14-25(28)26(31)30-34(32,33)21-8-6-5-7-9-21;/h5-16,29H,1-4H3,(H,30,31);1H/b25-14-;. The van der Waals surface area contributed by atoms with Gasteiger partial charge in [-0.05, 0) is 86.4 Å².